The number of halogens is 4. The van der Waals surface area contributed by atoms with Gasteiger partial charge in [0.2, 0.25) is 5.92 Å². The zero-order valence-electron chi connectivity index (χ0n) is 14.9. The molecule has 4 heteroatoms. The van der Waals surface area contributed by atoms with E-state index in [0.717, 1.165) is 63.9 Å². The molecular formula is C21H28F4. The van der Waals surface area contributed by atoms with Gasteiger partial charge in [0.15, 0.2) is 11.6 Å². The summed E-state index contributed by atoms with van der Waals surface area (Å²) < 4.78 is 52.8. The topological polar surface area (TPSA) is 0 Å². The molecule has 140 valence electrons. The first-order valence-electron chi connectivity index (χ1n) is 9.64. The van der Waals surface area contributed by atoms with E-state index in [1.165, 1.54) is 12.1 Å². The molecule has 0 aliphatic heterocycles. The Balaban J connectivity index is 1.47. The van der Waals surface area contributed by atoms with Gasteiger partial charge in [0.05, 0.1) is 0 Å². The molecule has 1 aromatic rings. The number of hydrogen-bond acceptors (Lipinski definition) is 0. The van der Waals surface area contributed by atoms with Crippen LogP contribution < -0.4 is 0 Å². The van der Waals surface area contributed by atoms with Crippen molar-refractivity contribution in [3.63, 3.8) is 0 Å². The summed E-state index contributed by atoms with van der Waals surface area (Å²) in [5.41, 5.74) is 0.909. The van der Waals surface area contributed by atoms with Crippen LogP contribution in [0.25, 0.3) is 0 Å². The van der Waals surface area contributed by atoms with Crippen LogP contribution in [0.4, 0.5) is 17.6 Å². The van der Waals surface area contributed by atoms with Crippen molar-refractivity contribution in [3.8, 4) is 0 Å². The van der Waals surface area contributed by atoms with Gasteiger partial charge in [-0.05, 0) is 99.7 Å². The summed E-state index contributed by atoms with van der Waals surface area (Å²) in [7, 11) is 0. The van der Waals surface area contributed by atoms with Gasteiger partial charge in [0.1, 0.15) is 0 Å². The Morgan fingerprint density at radius 3 is 1.92 bits per heavy atom. The minimum absolute atomic E-state index is 0.0303. The fourth-order valence-corrected chi connectivity index (χ4v) is 5.06. The normalized spacial score (nSPS) is 31.1. The Hall–Kier alpha value is -1.06. The average Bonchev–Trinajstić information content (AvgIpc) is 2.57. The number of rotatable bonds is 4. The molecule has 2 fully saturated rings. The van der Waals surface area contributed by atoms with Crippen LogP contribution in [0.1, 0.15) is 76.2 Å². The van der Waals surface area contributed by atoms with Crippen molar-refractivity contribution in [2.75, 3.05) is 0 Å². The van der Waals surface area contributed by atoms with Crippen molar-refractivity contribution >= 4 is 0 Å². The van der Waals surface area contributed by atoms with Gasteiger partial charge in [-0.3, -0.25) is 0 Å². The summed E-state index contributed by atoms with van der Waals surface area (Å²) in [6, 6.07) is 4.28. The maximum Gasteiger partial charge on any atom is 0.245 e. The lowest BCUT2D eigenvalue weighted by molar-refractivity contribution is -0.0130. The zero-order valence-corrected chi connectivity index (χ0v) is 14.9. The maximum absolute atomic E-state index is 13.4. The average molecular weight is 356 g/mol. The van der Waals surface area contributed by atoms with Crippen LogP contribution in [0.2, 0.25) is 0 Å². The highest BCUT2D eigenvalue weighted by atomic mass is 19.3. The van der Waals surface area contributed by atoms with Crippen LogP contribution in [0.5, 0.6) is 0 Å². The number of alkyl halides is 2. The lowest BCUT2D eigenvalue weighted by atomic mass is 9.68. The van der Waals surface area contributed by atoms with Crippen LogP contribution >= 0.6 is 0 Å². The van der Waals surface area contributed by atoms with Crippen molar-refractivity contribution in [1.82, 2.24) is 0 Å². The highest BCUT2D eigenvalue weighted by molar-refractivity contribution is 5.22. The molecule has 0 amide bonds. The van der Waals surface area contributed by atoms with E-state index in [9.17, 15) is 17.6 Å². The van der Waals surface area contributed by atoms with E-state index < -0.39 is 17.6 Å². The second kappa shape index (κ2) is 7.67. The van der Waals surface area contributed by atoms with Gasteiger partial charge in [-0.15, -0.1) is 0 Å². The molecule has 0 atom stereocenters. The SMILES string of the molecule is CC(F)(F)CC1CCC(C2CCC(c3ccc(F)c(F)c3)CC2)CC1. The first-order chi connectivity index (χ1) is 11.8. The van der Waals surface area contributed by atoms with Gasteiger partial charge in [-0.2, -0.15) is 0 Å². The highest BCUT2D eigenvalue weighted by Crippen LogP contribution is 2.45. The summed E-state index contributed by atoms with van der Waals surface area (Å²) in [5, 5.41) is 0. The Bertz CT molecular complexity index is 562. The van der Waals surface area contributed by atoms with E-state index in [0.29, 0.717) is 17.8 Å². The minimum Gasteiger partial charge on any atom is -0.207 e. The third-order valence-electron chi connectivity index (χ3n) is 6.39. The van der Waals surface area contributed by atoms with E-state index in [4.69, 9.17) is 0 Å². The summed E-state index contributed by atoms with van der Waals surface area (Å²) >= 11 is 0. The largest absolute Gasteiger partial charge is 0.245 e. The zero-order chi connectivity index (χ0) is 18.0. The van der Waals surface area contributed by atoms with Crippen LogP contribution in [-0.2, 0) is 0 Å². The highest BCUT2D eigenvalue weighted by Gasteiger charge is 2.34. The van der Waals surface area contributed by atoms with Crippen LogP contribution in [0, 0.1) is 29.4 Å². The molecule has 2 aliphatic carbocycles. The molecule has 0 nitrogen and oxygen atoms in total. The predicted molar refractivity (Wildman–Crippen MR) is 91.7 cm³/mol. The Morgan fingerprint density at radius 2 is 1.40 bits per heavy atom. The van der Waals surface area contributed by atoms with Gasteiger partial charge in [-0.25, -0.2) is 17.6 Å². The molecule has 3 rings (SSSR count). The predicted octanol–water partition coefficient (Wildman–Crippen LogP) is 7.09. The molecule has 0 spiro atoms. The Morgan fingerprint density at radius 1 is 0.840 bits per heavy atom. The van der Waals surface area contributed by atoms with Crippen molar-refractivity contribution in [2.45, 2.75) is 76.6 Å². The molecule has 0 saturated heterocycles. The molecule has 0 unspecified atom stereocenters. The second-order valence-electron chi connectivity index (χ2n) is 8.34. The smallest absolute Gasteiger partial charge is 0.207 e. The van der Waals surface area contributed by atoms with E-state index >= 15 is 0 Å². The first-order valence-corrected chi connectivity index (χ1v) is 9.64. The summed E-state index contributed by atoms with van der Waals surface area (Å²) in [4.78, 5) is 0. The quantitative estimate of drug-likeness (QED) is 0.505. The lowest BCUT2D eigenvalue weighted by Crippen LogP contribution is -2.27. The van der Waals surface area contributed by atoms with Crippen LogP contribution in [0.15, 0.2) is 18.2 Å². The number of benzene rings is 1. The lowest BCUT2D eigenvalue weighted by Gasteiger charge is -2.38. The first kappa shape index (κ1) is 18.7. The van der Waals surface area contributed by atoms with Gasteiger partial charge in [-0.1, -0.05) is 6.07 Å². The molecule has 0 aromatic heterocycles. The molecule has 2 aliphatic rings. The maximum atomic E-state index is 13.4. The molecule has 0 N–H and O–H groups in total. The molecule has 0 heterocycles. The standard InChI is InChI=1S/C21H28F4/c1-21(24,25)13-14-2-4-15(5-3-14)16-6-8-17(9-7-16)18-10-11-19(22)20(23)12-18/h10-12,14-17H,2-9,13H2,1H3. The Kier molecular flexibility index (Phi) is 5.75. The monoisotopic (exact) mass is 356 g/mol. The molecule has 0 radical (unpaired) electrons. The summed E-state index contributed by atoms with van der Waals surface area (Å²) in [5.74, 6) is -2.26. The van der Waals surface area contributed by atoms with Crippen LogP contribution in [0.3, 0.4) is 0 Å². The molecule has 2 saturated carbocycles. The summed E-state index contributed by atoms with van der Waals surface area (Å²) in [6.45, 7) is 1.03. The molecule has 1 aromatic carbocycles. The van der Waals surface area contributed by atoms with E-state index in [2.05, 4.69) is 0 Å². The third kappa shape index (κ3) is 4.98. The molecule has 25 heavy (non-hydrogen) atoms. The van der Waals surface area contributed by atoms with Crippen molar-refractivity contribution in [3.05, 3.63) is 35.4 Å². The van der Waals surface area contributed by atoms with Crippen molar-refractivity contribution in [1.29, 1.82) is 0 Å². The number of hydrogen-bond donors (Lipinski definition) is 0. The van der Waals surface area contributed by atoms with E-state index in [1.807, 2.05) is 0 Å². The third-order valence-corrected chi connectivity index (χ3v) is 6.39. The van der Waals surface area contributed by atoms with Gasteiger partial charge < -0.3 is 0 Å². The Labute approximate surface area is 148 Å². The molecular weight excluding hydrogens is 328 g/mol. The second-order valence-corrected chi connectivity index (χ2v) is 8.34. The molecule has 0 bridgehead atoms. The van der Waals surface area contributed by atoms with E-state index in [-0.39, 0.29) is 12.3 Å². The van der Waals surface area contributed by atoms with Gasteiger partial charge >= 0.3 is 0 Å². The fourth-order valence-electron chi connectivity index (χ4n) is 5.06. The van der Waals surface area contributed by atoms with Gasteiger partial charge in [0.25, 0.3) is 0 Å². The van der Waals surface area contributed by atoms with Crippen molar-refractivity contribution in [2.24, 2.45) is 17.8 Å². The van der Waals surface area contributed by atoms with Crippen molar-refractivity contribution < 1.29 is 17.6 Å². The van der Waals surface area contributed by atoms with Gasteiger partial charge in [0, 0.05) is 6.42 Å². The minimum atomic E-state index is -2.54. The summed E-state index contributed by atoms with van der Waals surface area (Å²) in [6.07, 6.45) is 8.29. The van der Waals surface area contributed by atoms with Crippen LogP contribution in [-0.4, -0.2) is 5.92 Å². The van der Waals surface area contributed by atoms with E-state index in [1.54, 1.807) is 6.07 Å². The fraction of sp³-hybridized carbons (Fsp3) is 0.714.